The average molecular weight is 412 g/mol. The molecule has 7 heteroatoms. The third-order valence-electron chi connectivity index (χ3n) is 3.63. The number of aromatic nitrogens is 2. The van der Waals surface area contributed by atoms with Gasteiger partial charge in [-0.05, 0) is 36.2 Å². The summed E-state index contributed by atoms with van der Waals surface area (Å²) in [5.74, 6) is 1.34. The largest absolute Gasteiger partial charge is 0.494 e. The number of benzene rings is 2. The molecule has 1 N–H and O–H groups in total. The van der Waals surface area contributed by atoms with Gasteiger partial charge in [0.2, 0.25) is 5.13 Å². The molecule has 0 saturated carbocycles. The zero-order valence-corrected chi connectivity index (χ0v) is 17.1. The number of nitrogens with zero attached hydrogens (tertiary/aromatic N) is 2. The van der Waals surface area contributed by atoms with E-state index in [1.165, 1.54) is 16.9 Å². The van der Waals surface area contributed by atoms with Crippen molar-refractivity contribution in [3.8, 4) is 5.75 Å². The Hall–Kier alpha value is -2.64. The van der Waals surface area contributed by atoms with Gasteiger partial charge in [-0.25, -0.2) is 0 Å². The Kier molecular flexibility index (Phi) is 7.63. The highest BCUT2D eigenvalue weighted by Gasteiger charge is 2.10. The van der Waals surface area contributed by atoms with Crippen molar-refractivity contribution in [3.05, 3.63) is 71.8 Å². The lowest BCUT2D eigenvalue weighted by Gasteiger charge is -2.05. The van der Waals surface area contributed by atoms with Crippen molar-refractivity contribution < 1.29 is 9.53 Å². The van der Waals surface area contributed by atoms with Crippen LogP contribution in [0.2, 0.25) is 0 Å². The molecule has 0 aliphatic carbocycles. The number of amides is 1. The summed E-state index contributed by atoms with van der Waals surface area (Å²) in [4.78, 5) is 12.3. The van der Waals surface area contributed by atoms with Crippen LogP contribution in [0.1, 0.15) is 29.3 Å². The second kappa shape index (κ2) is 10.6. The van der Waals surface area contributed by atoms with Gasteiger partial charge in [-0.2, -0.15) is 0 Å². The number of carbonyl (C=O) groups is 1. The first kappa shape index (κ1) is 20.1. The van der Waals surface area contributed by atoms with Crippen LogP contribution in [0.25, 0.3) is 6.08 Å². The zero-order valence-electron chi connectivity index (χ0n) is 15.5. The molecule has 0 unspecified atom stereocenters. The van der Waals surface area contributed by atoms with Gasteiger partial charge in [-0.1, -0.05) is 72.5 Å². The predicted octanol–water partition coefficient (Wildman–Crippen LogP) is 5.38. The molecule has 0 atom stereocenters. The van der Waals surface area contributed by atoms with Crippen molar-refractivity contribution in [2.75, 3.05) is 17.7 Å². The van der Waals surface area contributed by atoms with Crippen molar-refractivity contribution in [3.63, 3.8) is 0 Å². The summed E-state index contributed by atoms with van der Waals surface area (Å²) in [6, 6.07) is 17.2. The van der Waals surface area contributed by atoms with E-state index in [0.29, 0.717) is 17.3 Å². The van der Waals surface area contributed by atoms with E-state index in [1.807, 2.05) is 18.2 Å². The van der Waals surface area contributed by atoms with E-state index in [2.05, 4.69) is 46.7 Å². The first-order chi connectivity index (χ1) is 13.7. The van der Waals surface area contributed by atoms with E-state index < -0.39 is 0 Å². The number of carbonyl (C=O) groups excluding carboxylic acids is 1. The second-order valence-corrected chi connectivity index (χ2v) is 8.07. The summed E-state index contributed by atoms with van der Waals surface area (Å²) in [5, 5.41) is 11.4. The van der Waals surface area contributed by atoms with E-state index >= 15 is 0 Å². The van der Waals surface area contributed by atoms with Gasteiger partial charge >= 0.3 is 0 Å². The number of anilines is 1. The molecule has 3 rings (SSSR count). The Morgan fingerprint density at radius 2 is 1.93 bits per heavy atom. The van der Waals surface area contributed by atoms with Crippen LogP contribution < -0.4 is 10.1 Å². The van der Waals surface area contributed by atoms with Crippen molar-refractivity contribution in [1.29, 1.82) is 0 Å². The average Bonchev–Trinajstić information content (AvgIpc) is 3.18. The highest BCUT2D eigenvalue weighted by atomic mass is 32.2. The van der Waals surface area contributed by atoms with Crippen LogP contribution >= 0.6 is 23.1 Å². The summed E-state index contributed by atoms with van der Waals surface area (Å²) in [6.07, 6.45) is 5.11. The summed E-state index contributed by atoms with van der Waals surface area (Å²) in [6.45, 7) is 2.72. The number of rotatable bonds is 9. The van der Waals surface area contributed by atoms with Crippen molar-refractivity contribution in [1.82, 2.24) is 10.2 Å². The SMILES string of the molecule is CCCOc1ccc(C(=O)Nc2nnc(SC/C=C/c3ccccc3)s2)cc1. The van der Waals surface area contributed by atoms with E-state index in [4.69, 9.17) is 4.74 Å². The molecule has 5 nitrogen and oxygen atoms in total. The summed E-state index contributed by atoms with van der Waals surface area (Å²) >= 11 is 2.95. The first-order valence-corrected chi connectivity index (χ1v) is 10.8. The molecule has 144 valence electrons. The molecular weight excluding hydrogens is 390 g/mol. The fourth-order valence-electron chi connectivity index (χ4n) is 2.28. The second-order valence-electron chi connectivity index (χ2n) is 5.82. The van der Waals surface area contributed by atoms with Gasteiger partial charge < -0.3 is 4.74 Å². The number of ether oxygens (including phenoxy) is 1. The Balaban J connectivity index is 1.48. The highest BCUT2D eigenvalue weighted by Crippen LogP contribution is 2.26. The van der Waals surface area contributed by atoms with Crippen molar-refractivity contribution in [2.45, 2.75) is 17.7 Å². The Bertz CT molecular complexity index is 909. The molecule has 0 bridgehead atoms. The highest BCUT2D eigenvalue weighted by molar-refractivity contribution is 8.01. The molecule has 3 aromatic rings. The maximum Gasteiger partial charge on any atom is 0.257 e. The molecule has 0 aliphatic rings. The van der Waals surface area contributed by atoms with Crippen LogP contribution in [-0.2, 0) is 0 Å². The van der Waals surface area contributed by atoms with Crippen LogP contribution in [0.15, 0.2) is 65.0 Å². The van der Waals surface area contributed by atoms with Crippen LogP contribution in [0, 0.1) is 0 Å². The number of hydrogen-bond acceptors (Lipinski definition) is 6. The normalized spacial score (nSPS) is 10.9. The molecule has 0 spiro atoms. The molecule has 0 radical (unpaired) electrons. The van der Waals surface area contributed by atoms with Gasteiger partial charge in [0.15, 0.2) is 4.34 Å². The molecule has 28 heavy (non-hydrogen) atoms. The zero-order chi connectivity index (χ0) is 19.6. The summed E-state index contributed by atoms with van der Waals surface area (Å²) in [7, 11) is 0. The van der Waals surface area contributed by atoms with E-state index in [-0.39, 0.29) is 5.91 Å². The molecule has 1 aromatic heterocycles. The number of hydrogen-bond donors (Lipinski definition) is 1. The van der Waals surface area contributed by atoms with Crippen LogP contribution in [0.5, 0.6) is 5.75 Å². The standard InChI is InChI=1S/C21H21N3O2S2/c1-2-14-26-18-12-10-17(11-13-18)19(25)22-20-23-24-21(28-20)27-15-6-9-16-7-4-3-5-8-16/h3-13H,2,14-15H2,1H3,(H,22,23,25)/b9-6+. The van der Waals surface area contributed by atoms with Crippen LogP contribution in [0.3, 0.4) is 0 Å². The minimum Gasteiger partial charge on any atom is -0.494 e. The minimum absolute atomic E-state index is 0.210. The van der Waals surface area contributed by atoms with Gasteiger partial charge in [0.1, 0.15) is 5.75 Å². The Labute approximate surface area is 172 Å². The lowest BCUT2D eigenvalue weighted by Crippen LogP contribution is -2.11. The van der Waals surface area contributed by atoms with E-state index in [9.17, 15) is 4.79 Å². The fraction of sp³-hybridized carbons (Fsp3) is 0.190. The van der Waals surface area contributed by atoms with Crippen molar-refractivity contribution in [2.24, 2.45) is 0 Å². The van der Waals surface area contributed by atoms with E-state index in [1.54, 1.807) is 36.0 Å². The first-order valence-electron chi connectivity index (χ1n) is 8.96. The molecule has 0 saturated heterocycles. The number of thioether (sulfide) groups is 1. The van der Waals surface area contributed by atoms with Gasteiger partial charge in [0.25, 0.3) is 5.91 Å². The summed E-state index contributed by atoms with van der Waals surface area (Å²) < 4.78 is 6.34. The molecule has 0 aliphatic heterocycles. The quantitative estimate of drug-likeness (QED) is 0.378. The Morgan fingerprint density at radius 3 is 2.68 bits per heavy atom. The maximum absolute atomic E-state index is 12.3. The molecular formula is C21H21N3O2S2. The minimum atomic E-state index is -0.210. The maximum atomic E-state index is 12.3. The third kappa shape index (κ3) is 6.21. The monoisotopic (exact) mass is 411 g/mol. The van der Waals surface area contributed by atoms with Gasteiger partial charge in [-0.3, -0.25) is 10.1 Å². The van der Waals surface area contributed by atoms with Gasteiger partial charge in [0.05, 0.1) is 6.61 Å². The lowest BCUT2D eigenvalue weighted by atomic mass is 10.2. The number of nitrogens with one attached hydrogen (secondary N) is 1. The van der Waals surface area contributed by atoms with Gasteiger partial charge in [-0.15, -0.1) is 10.2 Å². The van der Waals surface area contributed by atoms with Crippen LogP contribution in [-0.4, -0.2) is 28.5 Å². The van der Waals surface area contributed by atoms with Crippen molar-refractivity contribution >= 4 is 40.2 Å². The summed E-state index contributed by atoms with van der Waals surface area (Å²) in [5.41, 5.74) is 1.72. The molecule has 2 aromatic carbocycles. The fourth-order valence-corrected chi connectivity index (χ4v) is 3.86. The van der Waals surface area contributed by atoms with Gasteiger partial charge in [0, 0.05) is 11.3 Å². The smallest absolute Gasteiger partial charge is 0.257 e. The molecule has 0 fully saturated rings. The van der Waals surface area contributed by atoms with Crippen LogP contribution in [0.4, 0.5) is 5.13 Å². The Morgan fingerprint density at radius 1 is 1.14 bits per heavy atom. The molecule has 1 amide bonds. The topological polar surface area (TPSA) is 64.1 Å². The molecule has 1 heterocycles. The third-order valence-corrected chi connectivity index (χ3v) is 5.55. The lowest BCUT2D eigenvalue weighted by molar-refractivity contribution is 0.102. The predicted molar refractivity (Wildman–Crippen MR) is 116 cm³/mol. The van der Waals surface area contributed by atoms with E-state index in [0.717, 1.165) is 22.3 Å².